The Bertz CT molecular complexity index is 505. The number of nitrogens with zero attached hydrogens (tertiary/aromatic N) is 2. The van der Waals surface area contributed by atoms with Crippen molar-refractivity contribution in [2.24, 2.45) is 0 Å². The van der Waals surface area contributed by atoms with Crippen LogP contribution in [0.25, 0.3) is 0 Å². The molecule has 1 aromatic rings. The van der Waals surface area contributed by atoms with Gasteiger partial charge >= 0.3 is 0 Å². The van der Waals surface area contributed by atoms with Crippen LogP contribution < -0.4 is 14.8 Å². The van der Waals surface area contributed by atoms with Crippen LogP contribution in [0.15, 0.2) is 6.07 Å². The first kappa shape index (κ1) is 15.6. The predicted octanol–water partition coefficient (Wildman–Crippen LogP) is 0.535. The minimum absolute atomic E-state index is 0.0257. The first-order valence-electron chi connectivity index (χ1n) is 6.16. The second-order valence-electron chi connectivity index (χ2n) is 3.85. The number of aromatic nitrogens is 2. The van der Waals surface area contributed by atoms with Crippen molar-refractivity contribution in [2.45, 2.75) is 20.8 Å². The zero-order chi connectivity index (χ0) is 14.3. The van der Waals surface area contributed by atoms with E-state index in [1.54, 1.807) is 13.0 Å². The van der Waals surface area contributed by atoms with Gasteiger partial charge in [-0.25, -0.2) is 18.1 Å². The van der Waals surface area contributed by atoms with E-state index in [1.165, 1.54) is 0 Å². The molecule has 1 heterocycles. The van der Waals surface area contributed by atoms with Gasteiger partial charge in [0.15, 0.2) is 0 Å². The third-order valence-electron chi connectivity index (χ3n) is 2.14. The minimum Gasteiger partial charge on any atom is -0.478 e. The van der Waals surface area contributed by atoms with Crippen LogP contribution in [-0.2, 0) is 10.0 Å². The Morgan fingerprint density at radius 1 is 1.32 bits per heavy atom. The predicted molar refractivity (Wildman–Crippen MR) is 73.9 cm³/mol. The highest BCUT2D eigenvalue weighted by Crippen LogP contribution is 2.11. The Morgan fingerprint density at radius 3 is 2.68 bits per heavy atom. The molecule has 7 nitrogen and oxygen atoms in total. The molecule has 0 aliphatic rings. The van der Waals surface area contributed by atoms with E-state index in [4.69, 9.17) is 4.74 Å². The number of aryl methyl sites for hydroxylation is 1. The summed E-state index contributed by atoms with van der Waals surface area (Å²) in [6, 6.07) is 1.73. The Balaban J connectivity index is 2.58. The second-order valence-corrected chi connectivity index (χ2v) is 5.77. The van der Waals surface area contributed by atoms with E-state index in [-0.39, 0.29) is 12.3 Å². The summed E-state index contributed by atoms with van der Waals surface area (Å²) >= 11 is 0. The molecular formula is C11H20N4O3S. The molecule has 0 fully saturated rings. The molecule has 0 unspecified atom stereocenters. The Morgan fingerprint density at radius 2 is 2.05 bits per heavy atom. The molecule has 2 N–H and O–H groups in total. The average molecular weight is 288 g/mol. The molecule has 0 aliphatic carbocycles. The van der Waals surface area contributed by atoms with Gasteiger partial charge in [0.05, 0.1) is 12.4 Å². The van der Waals surface area contributed by atoms with Gasteiger partial charge in [-0.15, -0.1) is 0 Å². The number of ether oxygens (including phenoxy) is 1. The maximum absolute atomic E-state index is 11.4. The zero-order valence-corrected chi connectivity index (χ0v) is 12.2. The quantitative estimate of drug-likeness (QED) is 0.725. The van der Waals surface area contributed by atoms with Crippen LogP contribution in [0, 0.1) is 6.92 Å². The van der Waals surface area contributed by atoms with Crippen LogP contribution in [0.5, 0.6) is 5.88 Å². The smallest absolute Gasteiger partial charge is 0.226 e. The maximum Gasteiger partial charge on any atom is 0.226 e. The van der Waals surface area contributed by atoms with Crippen molar-refractivity contribution < 1.29 is 13.2 Å². The lowest BCUT2D eigenvalue weighted by Gasteiger charge is -2.08. The Hall–Kier alpha value is -1.41. The van der Waals surface area contributed by atoms with Crippen molar-refractivity contribution >= 4 is 16.0 Å². The van der Waals surface area contributed by atoms with Crippen LogP contribution in [-0.4, -0.2) is 43.8 Å². The molecular weight excluding hydrogens is 268 g/mol. The number of hydrogen-bond acceptors (Lipinski definition) is 6. The number of hydrogen-bond donors (Lipinski definition) is 2. The summed E-state index contributed by atoms with van der Waals surface area (Å²) in [4.78, 5) is 8.29. The van der Waals surface area contributed by atoms with Crippen LogP contribution in [0.4, 0.5) is 5.95 Å². The molecule has 0 saturated carbocycles. The van der Waals surface area contributed by atoms with E-state index in [1.807, 2.05) is 13.8 Å². The maximum atomic E-state index is 11.4. The van der Waals surface area contributed by atoms with E-state index < -0.39 is 10.0 Å². The zero-order valence-electron chi connectivity index (χ0n) is 11.4. The van der Waals surface area contributed by atoms with E-state index in [0.717, 1.165) is 5.69 Å². The number of nitrogens with one attached hydrogen (secondary N) is 2. The standard InChI is InChI=1S/C11H20N4O3S/c1-4-13-19(16,17)7-6-12-11-14-9(3)8-10(15-11)18-5-2/h8,13H,4-7H2,1-3H3,(H,12,14,15). The Labute approximate surface area is 113 Å². The lowest BCUT2D eigenvalue weighted by Crippen LogP contribution is -2.29. The van der Waals surface area contributed by atoms with E-state index in [9.17, 15) is 8.42 Å². The summed E-state index contributed by atoms with van der Waals surface area (Å²) in [5, 5.41) is 2.88. The first-order valence-corrected chi connectivity index (χ1v) is 7.81. The fraction of sp³-hybridized carbons (Fsp3) is 0.636. The molecule has 8 heteroatoms. The molecule has 0 bridgehead atoms. The summed E-state index contributed by atoms with van der Waals surface area (Å²) in [5.74, 6) is 0.824. The molecule has 0 aliphatic heterocycles. The largest absolute Gasteiger partial charge is 0.478 e. The summed E-state index contributed by atoms with van der Waals surface area (Å²) in [6.07, 6.45) is 0. The van der Waals surface area contributed by atoms with Crippen molar-refractivity contribution in [3.05, 3.63) is 11.8 Å². The molecule has 0 radical (unpaired) electrons. The van der Waals surface area contributed by atoms with Crippen LogP contribution >= 0.6 is 0 Å². The summed E-state index contributed by atoms with van der Waals surface area (Å²) < 4.78 is 30.6. The molecule has 108 valence electrons. The molecule has 19 heavy (non-hydrogen) atoms. The van der Waals surface area contributed by atoms with Crippen LogP contribution in [0.1, 0.15) is 19.5 Å². The van der Waals surface area contributed by atoms with Gasteiger partial charge in [-0.2, -0.15) is 4.98 Å². The van der Waals surface area contributed by atoms with E-state index in [0.29, 0.717) is 25.0 Å². The molecule has 0 amide bonds. The topological polar surface area (TPSA) is 93.2 Å². The second kappa shape index (κ2) is 7.25. The van der Waals surface area contributed by atoms with Gasteiger partial charge in [-0.05, 0) is 13.8 Å². The third-order valence-corrected chi connectivity index (χ3v) is 3.61. The highest BCUT2D eigenvalue weighted by Gasteiger charge is 2.09. The molecule has 1 aromatic heterocycles. The van der Waals surface area contributed by atoms with Crippen LogP contribution in [0.3, 0.4) is 0 Å². The van der Waals surface area contributed by atoms with Crippen LogP contribution in [0.2, 0.25) is 0 Å². The SMILES string of the molecule is CCNS(=O)(=O)CCNc1nc(C)cc(OCC)n1. The van der Waals surface area contributed by atoms with Gasteiger partial charge in [-0.1, -0.05) is 6.92 Å². The molecule has 0 aromatic carbocycles. The summed E-state index contributed by atoms with van der Waals surface area (Å²) in [7, 11) is -3.23. The lowest BCUT2D eigenvalue weighted by molar-refractivity contribution is 0.326. The lowest BCUT2D eigenvalue weighted by atomic mass is 10.4. The van der Waals surface area contributed by atoms with Gasteiger partial charge in [0.25, 0.3) is 0 Å². The van der Waals surface area contributed by atoms with Crippen molar-refractivity contribution in [1.82, 2.24) is 14.7 Å². The number of anilines is 1. The molecule has 0 spiro atoms. The highest BCUT2D eigenvalue weighted by molar-refractivity contribution is 7.89. The third kappa shape index (κ3) is 5.84. The fourth-order valence-corrected chi connectivity index (χ4v) is 2.38. The van der Waals surface area contributed by atoms with Crippen molar-refractivity contribution in [3.8, 4) is 5.88 Å². The molecule has 0 atom stereocenters. The average Bonchev–Trinajstić information content (AvgIpc) is 2.28. The van der Waals surface area contributed by atoms with Gasteiger partial charge in [0.1, 0.15) is 0 Å². The summed E-state index contributed by atoms with van der Waals surface area (Å²) in [5.41, 5.74) is 0.760. The Kier molecular flexibility index (Phi) is 5.97. The highest BCUT2D eigenvalue weighted by atomic mass is 32.2. The van der Waals surface area contributed by atoms with Crippen molar-refractivity contribution in [1.29, 1.82) is 0 Å². The fourth-order valence-electron chi connectivity index (χ4n) is 1.43. The molecule has 1 rings (SSSR count). The normalized spacial score (nSPS) is 11.3. The van der Waals surface area contributed by atoms with Crippen molar-refractivity contribution in [2.75, 3.05) is 30.8 Å². The van der Waals surface area contributed by atoms with Gasteiger partial charge in [0.2, 0.25) is 21.9 Å². The van der Waals surface area contributed by atoms with E-state index >= 15 is 0 Å². The van der Waals surface area contributed by atoms with Gasteiger partial charge < -0.3 is 10.1 Å². The number of sulfonamides is 1. The first-order chi connectivity index (χ1) is 8.96. The summed E-state index contributed by atoms with van der Waals surface area (Å²) in [6.45, 7) is 6.58. The van der Waals surface area contributed by atoms with Gasteiger partial charge in [-0.3, -0.25) is 0 Å². The van der Waals surface area contributed by atoms with Crippen molar-refractivity contribution in [3.63, 3.8) is 0 Å². The minimum atomic E-state index is -3.23. The number of rotatable bonds is 8. The van der Waals surface area contributed by atoms with E-state index in [2.05, 4.69) is 20.0 Å². The molecule has 0 saturated heterocycles. The monoisotopic (exact) mass is 288 g/mol. The van der Waals surface area contributed by atoms with Gasteiger partial charge in [0, 0.05) is 24.8 Å².